The quantitative estimate of drug-likeness (QED) is 0.771. The van der Waals surface area contributed by atoms with Gasteiger partial charge in [0.2, 0.25) is 0 Å². The number of aromatic amines is 1. The largest absolute Gasteiger partial charge is 0.306 e. The van der Waals surface area contributed by atoms with Gasteiger partial charge in [0.1, 0.15) is 11.5 Å². The Labute approximate surface area is 92.0 Å². The highest BCUT2D eigenvalue weighted by atomic mass is 16.1. The van der Waals surface area contributed by atoms with Crippen molar-refractivity contribution < 1.29 is 4.79 Å². The molecule has 2 rings (SSSR count). The average molecular weight is 214 g/mol. The van der Waals surface area contributed by atoms with Gasteiger partial charge in [0, 0.05) is 11.6 Å². The van der Waals surface area contributed by atoms with Crippen LogP contribution in [0.2, 0.25) is 0 Å². The molecule has 16 heavy (non-hydrogen) atoms. The predicted octanol–water partition coefficient (Wildman–Crippen LogP) is 1.56. The van der Waals surface area contributed by atoms with E-state index in [0.717, 1.165) is 11.1 Å². The van der Waals surface area contributed by atoms with Crippen LogP contribution in [0.25, 0.3) is 11.4 Å². The van der Waals surface area contributed by atoms with Gasteiger partial charge in [-0.05, 0) is 13.0 Å². The van der Waals surface area contributed by atoms with E-state index in [1.165, 1.54) is 6.07 Å². The van der Waals surface area contributed by atoms with Gasteiger partial charge < -0.3 is 4.98 Å². The normalized spacial score (nSPS) is 10.1. The third-order valence-corrected chi connectivity index (χ3v) is 2.17. The van der Waals surface area contributed by atoms with Gasteiger partial charge in [-0.2, -0.15) is 0 Å². The fraction of sp³-hybridized carbons (Fsp3) is 0.0833. The van der Waals surface area contributed by atoms with Crippen molar-refractivity contribution in [3.8, 4) is 11.4 Å². The van der Waals surface area contributed by atoms with Crippen LogP contribution in [0.1, 0.15) is 16.1 Å². The summed E-state index contributed by atoms with van der Waals surface area (Å²) in [4.78, 5) is 28.5. The van der Waals surface area contributed by atoms with E-state index in [1.807, 2.05) is 31.2 Å². The number of nitrogens with one attached hydrogen (secondary N) is 1. The number of aromatic nitrogens is 2. The van der Waals surface area contributed by atoms with Gasteiger partial charge in [0.25, 0.3) is 5.56 Å². The van der Waals surface area contributed by atoms with Crippen molar-refractivity contribution in [3.63, 3.8) is 0 Å². The molecule has 80 valence electrons. The number of H-pyrrole nitrogens is 1. The Morgan fingerprint density at radius 3 is 2.81 bits per heavy atom. The van der Waals surface area contributed by atoms with E-state index in [0.29, 0.717) is 12.1 Å². The molecule has 0 unspecified atom stereocenters. The van der Waals surface area contributed by atoms with Crippen LogP contribution in [0, 0.1) is 6.92 Å². The fourth-order valence-electron chi connectivity index (χ4n) is 1.47. The zero-order valence-corrected chi connectivity index (χ0v) is 8.73. The molecule has 0 aliphatic heterocycles. The molecule has 0 atom stereocenters. The van der Waals surface area contributed by atoms with Crippen LogP contribution in [-0.2, 0) is 0 Å². The van der Waals surface area contributed by atoms with Crippen molar-refractivity contribution >= 4 is 6.29 Å². The molecule has 0 spiro atoms. The SMILES string of the molecule is Cc1cccc(-c2nc(C=O)cc(=O)[nH]2)c1. The Kier molecular flexibility index (Phi) is 2.64. The van der Waals surface area contributed by atoms with Gasteiger partial charge >= 0.3 is 0 Å². The number of aldehydes is 1. The maximum Gasteiger partial charge on any atom is 0.251 e. The second-order valence-electron chi connectivity index (χ2n) is 3.51. The van der Waals surface area contributed by atoms with Crippen LogP contribution >= 0.6 is 0 Å². The van der Waals surface area contributed by atoms with Crippen LogP contribution < -0.4 is 5.56 Å². The first kappa shape index (κ1) is 10.3. The van der Waals surface area contributed by atoms with Crippen LogP contribution in [0.4, 0.5) is 0 Å². The van der Waals surface area contributed by atoms with Gasteiger partial charge in [-0.1, -0.05) is 23.8 Å². The van der Waals surface area contributed by atoms with Crippen LogP contribution in [0.5, 0.6) is 0 Å². The number of rotatable bonds is 2. The first-order chi connectivity index (χ1) is 7.69. The minimum Gasteiger partial charge on any atom is -0.306 e. The summed E-state index contributed by atoms with van der Waals surface area (Å²) < 4.78 is 0. The second-order valence-corrected chi connectivity index (χ2v) is 3.51. The van der Waals surface area contributed by atoms with Gasteiger partial charge in [-0.3, -0.25) is 9.59 Å². The smallest absolute Gasteiger partial charge is 0.251 e. The maximum atomic E-state index is 11.3. The van der Waals surface area contributed by atoms with E-state index in [9.17, 15) is 9.59 Å². The van der Waals surface area contributed by atoms with Crippen LogP contribution in [0.3, 0.4) is 0 Å². The van der Waals surface area contributed by atoms with Crippen molar-refractivity contribution in [1.82, 2.24) is 9.97 Å². The maximum absolute atomic E-state index is 11.3. The lowest BCUT2D eigenvalue weighted by Crippen LogP contribution is -2.09. The van der Waals surface area contributed by atoms with Gasteiger partial charge in [-0.25, -0.2) is 4.98 Å². The second kappa shape index (κ2) is 4.10. The Balaban J connectivity index is 2.59. The molecule has 4 nitrogen and oxygen atoms in total. The standard InChI is InChI=1S/C12H10N2O2/c1-8-3-2-4-9(5-8)12-13-10(7-15)6-11(16)14-12/h2-7H,1H3,(H,13,14,16). The molecule has 2 aromatic rings. The third kappa shape index (κ3) is 2.06. The van der Waals surface area contributed by atoms with Crippen molar-refractivity contribution in [2.24, 2.45) is 0 Å². The lowest BCUT2D eigenvalue weighted by atomic mass is 10.1. The Morgan fingerprint density at radius 1 is 1.31 bits per heavy atom. The van der Waals surface area contributed by atoms with Gasteiger partial charge in [0.15, 0.2) is 6.29 Å². The Morgan fingerprint density at radius 2 is 2.12 bits per heavy atom. The highest BCUT2D eigenvalue weighted by Gasteiger charge is 2.03. The minimum atomic E-state index is -0.325. The summed E-state index contributed by atoms with van der Waals surface area (Å²) in [5.74, 6) is 0.415. The number of benzene rings is 1. The highest BCUT2D eigenvalue weighted by Crippen LogP contribution is 2.14. The molecule has 0 saturated heterocycles. The molecule has 1 aromatic heterocycles. The Bertz CT molecular complexity index is 588. The number of aryl methyl sites for hydroxylation is 1. The third-order valence-electron chi connectivity index (χ3n) is 2.17. The summed E-state index contributed by atoms with van der Waals surface area (Å²) in [5, 5.41) is 0. The molecule has 0 fully saturated rings. The van der Waals surface area contributed by atoms with Crippen molar-refractivity contribution in [3.05, 3.63) is 51.9 Å². The highest BCUT2D eigenvalue weighted by molar-refractivity contribution is 5.72. The molecular formula is C12H10N2O2. The summed E-state index contributed by atoms with van der Waals surface area (Å²) in [6, 6.07) is 8.72. The van der Waals surface area contributed by atoms with E-state index in [-0.39, 0.29) is 11.3 Å². The molecule has 0 saturated carbocycles. The predicted molar refractivity (Wildman–Crippen MR) is 60.4 cm³/mol. The topological polar surface area (TPSA) is 62.8 Å². The first-order valence-corrected chi connectivity index (χ1v) is 4.82. The van der Waals surface area contributed by atoms with E-state index in [2.05, 4.69) is 9.97 Å². The van der Waals surface area contributed by atoms with E-state index < -0.39 is 0 Å². The molecule has 0 amide bonds. The van der Waals surface area contributed by atoms with E-state index in [4.69, 9.17) is 0 Å². The zero-order valence-electron chi connectivity index (χ0n) is 8.73. The number of hydrogen-bond acceptors (Lipinski definition) is 3. The molecular weight excluding hydrogens is 204 g/mol. The van der Waals surface area contributed by atoms with Crippen LogP contribution in [0.15, 0.2) is 35.1 Å². The van der Waals surface area contributed by atoms with Crippen LogP contribution in [-0.4, -0.2) is 16.3 Å². The molecule has 0 bridgehead atoms. The lowest BCUT2D eigenvalue weighted by Gasteiger charge is -2.02. The van der Waals surface area contributed by atoms with E-state index >= 15 is 0 Å². The average Bonchev–Trinajstić information content (AvgIpc) is 2.28. The van der Waals surface area contributed by atoms with Crippen molar-refractivity contribution in [1.29, 1.82) is 0 Å². The number of carbonyl (C=O) groups is 1. The summed E-state index contributed by atoms with van der Waals surface area (Å²) >= 11 is 0. The molecule has 4 heteroatoms. The molecule has 1 N–H and O–H groups in total. The van der Waals surface area contributed by atoms with E-state index in [1.54, 1.807) is 0 Å². The van der Waals surface area contributed by atoms with Gasteiger partial charge in [-0.15, -0.1) is 0 Å². The zero-order chi connectivity index (χ0) is 11.5. The lowest BCUT2D eigenvalue weighted by molar-refractivity contribution is 0.111. The summed E-state index contributed by atoms with van der Waals surface area (Å²) in [7, 11) is 0. The van der Waals surface area contributed by atoms with Crippen molar-refractivity contribution in [2.45, 2.75) is 6.92 Å². The summed E-state index contributed by atoms with van der Waals surface area (Å²) in [6.45, 7) is 1.95. The molecule has 1 heterocycles. The van der Waals surface area contributed by atoms with Crippen molar-refractivity contribution in [2.75, 3.05) is 0 Å². The first-order valence-electron chi connectivity index (χ1n) is 4.82. The molecule has 0 radical (unpaired) electrons. The van der Waals surface area contributed by atoms with Gasteiger partial charge in [0.05, 0.1) is 0 Å². The summed E-state index contributed by atoms with van der Waals surface area (Å²) in [5.41, 5.74) is 1.67. The number of hydrogen-bond donors (Lipinski definition) is 1. The minimum absolute atomic E-state index is 0.139. The monoisotopic (exact) mass is 214 g/mol. The summed E-state index contributed by atoms with van der Waals surface area (Å²) in [6.07, 6.45) is 0.564. The Hall–Kier alpha value is -2.23. The molecule has 0 aliphatic rings. The number of carbonyl (C=O) groups excluding carboxylic acids is 1. The number of nitrogens with zero attached hydrogens (tertiary/aromatic N) is 1. The fourth-order valence-corrected chi connectivity index (χ4v) is 1.47. The molecule has 1 aromatic carbocycles. The molecule has 0 aliphatic carbocycles.